The lowest BCUT2D eigenvalue weighted by Crippen LogP contribution is -2.49. The minimum Gasteiger partial charge on any atom is -0.343 e. The highest BCUT2D eigenvalue weighted by atomic mass is 16.2. The molecule has 2 heterocycles. The van der Waals surface area contributed by atoms with Gasteiger partial charge in [0.15, 0.2) is 0 Å². The second kappa shape index (κ2) is 6.08. The maximum atomic E-state index is 11.5. The van der Waals surface area contributed by atoms with Gasteiger partial charge in [0.05, 0.1) is 17.6 Å². The quantitative estimate of drug-likeness (QED) is 0.942. The van der Waals surface area contributed by atoms with Gasteiger partial charge in [-0.05, 0) is 24.5 Å². The number of hydrogen-bond donors (Lipinski definition) is 1. The van der Waals surface area contributed by atoms with Crippen LogP contribution in [0.2, 0.25) is 0 Å². The summed E-state index contributed by atoms with van der Waals surface area (Å²) in [6, 6.07) is 8.65. The summed E-state index contributed by atoms with van der Waals surface area (Å²) in [5.74, 6) is 1.70. The number of benzene rings is 1. The van der Waals surface area contributed by atoms with Gasteiger partial charge >= 0.3 is 0 Å². The van der Waals surface area contributed by atoms with Gasteiger partial charge in [-0.15, -0.1) is 0 Å². The number of hydrogen-bond acceptors (Lipinski definition) is 3. The van der Waals surface area contributed by atoms with Gasteiger partial charge < -0.3 is 14.8 Å². The normalized spacial score (nSPS) is 22.2. The van der Waals surface area contributed by atoms with Crippen molar-refractivity contribution in [1.82, 2.24) is 19.8 Å². The van der Waals surface area contributed by atoms with Crippen LogP contribution in [0.3, 0.4) is 0 Å². The summed E-state index contributed by atoms with van der Waals surface area (Å²) in [7, 11) is 2.06. The van der Waals surface area contributed by atoms with Gasteiger partial charge in [0, 0.05) is 33.1 Å². The number of aromatic nitrogens is 2. The number of amides is 1. The molecule has 1 aliphatic rings. The molecular weight excluding hydrogens is 276 g/mol. The van der Waals surface area contributed by atoms with Crippen LogP contribution in [-0.4, -0.2) is 39.5 Å². The Hall–Kier alpha value is -1.88. The molecule has 0 radical (unpaired) electrons. The van der Waals surface area contributed by atoms with Crippen LogP contribution in [0.25, 0.3) is 11.0 Å². The van der Waals surface area contributed by atoms with E-state index in [1.807, 2.05) is 23.1 Å². The van der Waals surface area contributed by atoms with Gasteiger partial charge in [-0.1, -0.05) is 19.1 Å². The zero-order valence-corrected chi connectivity index (χ0v) is 13.5. The van der Waals surface area contributed by atoms with Crippen LogP contribution in [0.4, 0.5) is 0 Å². The van der Waals surface area contributed by atoms with E-state index < -0.39 is 0 Å². The summed E-state index contributed by atoms with van der Waals surface area (Å²) < 4.78 is 2.15. The third-order valence-corrected chi connectivity index (χ3v) is 4.75. The lowest BCUT2D eigenvalue weighted by Gasteiger charge is -2.37. The zero-order valence-electron chi connectivity index (χ0n) is 13.5. The standard InChI is InChI=1S/C17H24N4O/c1-12-11-21(13(2)22)9-8-14(12)18-10-17-19-15-6-4-5-7-16(15)20(17)3/h4-7,12,14,18H,8-11H2,1-3H3/t12-,14-/m0/s1. The molecule has 0 saturated carbocycles. The molecule has 2 atom stereocenters. The number of piperidine rings is 1. The fourth-order valence-electron chi connectivity index (χ4n) is 3.31. The first kappa shape index (κ1) is 15.0. The number of likely N-dealkylation sites (tertiary alicyclic amines) is 1. The summed E-state index contributed by atoms with van der Waals surface area (Å²) >= 11 is 0. The van der Waals surface area contributed by atoms with Crippen LogP contribution in [0.1, 0.15) is 26.1 Å². The number of carbonyl (C=O) groups is 1. The Morgan fingerprint density at radius 3 is 2.86 bits per heavy atom. The molecule has 1 N–H and O–H groups in total. The van der Waals surface area contributed by atoms with Gasteiger partial charge in [-0.25, -0.2) is 4.98 Å². The number of rotatable bonds is 3. The maximum absolute atomic E-state index is 11.5. The topological polar surface area (TPSA) is 50.2 Å². The van der Waals surface area contributed by atoms with Crippen LogP contribution >= 0.6 is 0 Å². The first-order valence-electron chi connectivity index (χ1n) is 7.95. The molecule has 0 unspecified atom stereocenters. The predicted octanol–water partition coefficient (Wildman–Crippen LogP) is 1.92. The number of para-hydroxylation sites is 2. The van der Waals surface area contributed by atoms with Crippen LogP contribution in [0, 0.1) is 5.92 Å². The first-order chi connectivity index (χ1) is 10.6. The van der Waals surface area contributed by atoms with Crippen molar-refractivity contribution in [2.75, 3.05) is 13.1 Å². The maximum Gasteiger partial charge on any atom is 0.219 e. The van der Waals surface area contributed by atoms with E-state index in [1.165, 1.54) is 5.52 Å². The number of carbonyl (C=O) groups excluding carboxylic acids is 1. The molecular formula is C17H24N4O. The molecule has 1 saturated heterocycles. The molecule has 5 heteroatoms. The molecule has 0 spiro atoms. The fourth-order valence-corrected chi connectivity index (χ4v) is 3.31. The van der Waals surface area contributed by atoms with Crippen molar-refractivity contribution in [2.45, 2.75) is 32.9 Å². The SMILES string of the molecule is CC(=O)N1CC[C@H](NCc2nc3ccccc3n2C)[C@@H](C)C1. The van der Waals surface area contributed by atoms with E-state index in [2.05, 4.69) is 29.9 Å². The first-order valence-corrected chi connectivity index (χ1v) is 7.95. The number of aryl methyl sites for hydroxylation is 1. The molecule has 5 nitrogen and oxygen atoms in total. The molecule has 1 aromatic carbocycles. The second-order valence-corrected chi connectivity index (χ2v) is 6.29. The van der Waals surface area contributed by atoms with Gasteiger partial charge in [-0.3, -0.25) is 4.79 Å². The number of imidazole rings is 1. The second-order valence-electron chi connectivity index (χ2n) is 6.29. The Bertz CT molecular complexity index is 678. The van der Waals surface area contributed by atoms with Gasteiger partial charge in [0.1, 0.15) is 5.82 Å². The Kier molecular flexibility index (Phi) is 4.16. The lowest BCUT2D eigenvalue weighted by atomic mass is 9.94. The Morgan fingerprint density at radius 1 is 1.41 bits per heavy atom. The van der Waals surface area contributed by atoms with E-state index in [1.54, 1.807) is 6.92 Å². The summed E-state index contributed by atoms with van der Waals surface area (Å²) in [6.07, 6.45) is 1.00. The minimum absolute atomic E-state index is 0.181. The monoisotopic (exact) mass is 300 g/mol. The third kappa shape index (κ3) is 2.86. The molecule has 1 aliphatic heterocycles. The van der Waals surface area contributed by atoms with E-state index in [0.717, 1.165) is 37.4 Å². The summed E-state index contributed by atoms with van der Waals surface area (Å²) in [5, 5.41) is 3.63. The summed E-state index contributed by atoms with van der Waals surface area (Å²) in [5.41, 5.74) is 2.21. The highest BCUT2D eigenvalue weighted by molar-refractivity contribution is 5.75. The molecule has 2 aromatic rings. The third-order valence-electron chi connectivity index (χ3n) is 4.75. The Labute approximate surface area is 131 Å². The fraction of sp³-hybridized carbons (Fsp3) is 0.529. The number of nitrogens with one attached hydrogen (secondary N) is 1. The predicted molar refractivity (Wildman–Crippen MR) is 87.4 cm³/mol. The van der Waals surface area contributed by atoms with Crippen molar-refractivity contribution in [3.63, 3.8) is 0 Å². The average molecular weight is 300 g/mol. The van der Waals surface area contributed by atoms with Crippen LogP contribution in [0.15, 0.2) is 24.3 Å². The number of nitrogens with zero attached hydrogens (tertiary/aromatic N) is 3. The van der Waals surface area contributed by atoms with Crippen molar-refractivity contribution >= 4 is 16.9 Å². The van der Waals surface area contributed by atoms with E-state index in [-0.39, 0.29) is 5.91 Å². The van der Waals surface area contributed by atoms with Crippen molar-refractivity contribution in [2.24, 2.45) is 13.0 Å². The van der Waals surface area contributed by atoms with E-state index in [9.17, 15) is 4.79 Å². The minimum atomic E-state index is 0.181. The summed E-state index contributed by atoms with van der Waals surface area (Å²) in [6.45, 7) is 6.32. The lowest BCUT2D eigenvalue weighted by molar-refractivity contribution is -0.130. The van der Waals surface area contributed by atoms with Crippen molar-refractivity contribution in [3.8, 4) is 0 Å². The Morgan fingerprint density at radius 2 is 2.18 bits per heavy atom. The molecule has 118 valence electrons. The molecule has 1 aromatic heterocycles. The van der Waals surface area contributed by atoms with Gasteiger partial charge in [0.25, 0.3) is 0 Å². The van der Waals surface area contributed by atoms with Crippen molar-refractivity contribution in [1.29, 1.82) is 0 Å². The van der Waals surface area contributed by atoms with Crippen LogP contribution < -0.4 is 5.32 Å². The van der Waals surface area contributed by atoms with E-state index in [0.29, 0.717) is 12.0 Å². The summed E-state index contributed by atoms with van der Waals surface area (Å²) in [4.78, 5) is 18.1. The molecule has 0 aliphatic carbocycles. The highest BCUT2D eigenvalue weighted by Crippen LogP contribution is 2.18. The van der Waals surface area contributed by atoms with Crippen molar-refractivity contribution in [3.05, 3.63) is 30.1 Å². The van der Waals surface area contributed by atoms with Crippen LogP contribution in [-0.2, 0) is 18.4 Å². The average Bonchev–Trinajstić information content (AvgIpc) is 2.83. The molecule has 3 rings (SSSR count). The molecule has 1 amide bonds. The van der Waals surface area contributed by atoms with Crippen molar-refractivity contribution < 1.29 is 4.79 Å². The highest BCUT2D eigenvalue weighted by Gasteiger charge is 2.27. The largest absolute Gasteiger partial charge is 0.343 e. The molecule has 22 heavy (non-hydrogen) atoms. The Balaban J connectivity index is 1.65. The smallest absolute Gasteiger partial charge is 0.219 e. The van der Waals surface area contributed by atoms with Gasteiger partial charge in [0.2, 0.25) is 5.91 Å². The van der Waals surface area contributed by atoms with Crippen LogP contribution in [0.5, 0.6) is 0 Å². The van der Waals surface area contributed by atoms with E-state index in [4.69, 9.17) is 4.98 Å². The molecule has 0 bridgehead atoms. The number of fused-ring (bicyclic) bond motifs is 1. The van der Waals surface area contributed by atoms with E-state index >= 15 is 0 Å². The molecule has 1 fully saturated rings. The van der Waals surface area contributed by atoms with Gasteiger partial charge in [-0.2, -0.15) is 0 Å². The zero-order chi connectivity index (χ0) is 15.7.